The molecule has 2 rings (SSSR count). The Bertz CT molecular complexity index is 393. The fraction of sp³-hybridized carbons (Fsp3) is 0.444. The van der Waals surface area contributed by atoms with Gasteiger partial charge in [0.25, 0.3) is 5.91 Å². The number of nitrogens with zero attached hydrogens (tertiary/aromatic N) is 1. The largest absolute Gasteiger partial charge is 0.391 e. The number of carbonyl (C=O) groups is 1. The van der Waals surface area contributed by atoms with Gasteiger partial charge in [0.05, 0.1) is 19.2 Å². The topological polar surface area (TPSA) is 40.5 Å². The quantitative estimate of drug-likeness (QED) is 0.841. The van der Waals surface area contributed by atoms with E-state index in [0.29, 0.717) is 25.1 Å². The monoisotopic (exact) mass is 353 g/mol. The van der Waals surface area contributed by atoms with Crippen LogP contribution in [0.3, 0.4) is 0 Å². The van der Waals surface area contributed by atoms with Crippen LogP contribution in [0.25, 0.3) is 0 Å². The second-order valence-corrected chi connectivity index (χ2v) is 7.18. The zero-order valence-corrected chi connectivity index (χ0v) is 11.7. The van der Waals surface area contributed by atoms with Crippen molar-refractivity contribution in [2.75, 3.05) is 13.1 Å². The Labute approximate surface area is 108 Å². The molecule has 2 heterocycles. The lowest BCUT2D eigenvalue weighted by Gasteiger charge is -2.14. The normalized spacial score (nSPS) is 21.0. The molecule has 0 aliphatic carbocycles. The molecule has 0 saturated carbocycles. The van der Waals surface area contributed by atoms with E-state index in [1.165, 1.54) is 11.3 Å². The summed E-state index contributed by atoms with van der Waals surface area (Å²) in [6.45, 7) is 1.08. The van der Waals surface area contributed by atoms with Gasteiger partial charge in [-0.3, -0.25) is 4.79 Å². The lowest BCUT2D eigenvalue weighted by atomic mass is 10.3. The summed E-state index contributed by atoms with van der Waals surface area (Å²) in [5, 5.41) is 9.36. The summed E-state index contributed by atoms with van der Waals surface area (Å²) in [4.78, 5) is 13.7. The summed E-state index contributed by atoms with van der Waals surface area (Å²) in [7, 11) is 0. The molecule has 1 aromatic rings. The predicted octanol–water partition coefficient (Wildman–Crippen LogP) is 2.48. The fourth-order valence-electron chi connectivity index (χ4n) is 1.58. The van der Waals surface area contributed by atoms with Gasteiger partial charge in [0.2, 0.25) is 0 Å². The fourth-order valence-corrected chi connectivity index (χ4v) is 4.36. The lowest BCUT2D eigenvalue weighted by Crippen LogP contribution is -2.29. The van der Waals surface area contributed by atoms with Crippen LogP contribution in [0.4, 0.5) is 0 Å². The van der Waals surface area contributed by atoms with Gasteiger partial charge in [-0.1, -0.05) is 0 Å². The third kappa shape index (κ3) is 2.43. The molecule has 1 aromatic heterocycles. The molecular formula is C9H9Br2NO2S. The van der Waals surface area contributed by atoms with Crippen LogP contribution in [-0.4, -0.2) is 35.1 Å². The number of β-amino-alcohol motifs (C(OH)–C–C–N with tert-alkyl or cyclic N) is 1. The number of hydrogen-bond acceptors (Lipinski definition) is 3. The average Bonchev–Trinajstić information content (AvgIpc) is 2.71. The Balaban J connectivity index is 2.17. The summed E-state index contributed by atoms with van der Waals surface area (Å²) in [5.74, 6) is -0.0135. The minimum absolute atomic E-state index is 0.0135. The smallest absolute Gasteiger partial charge is 0.255 e. The third-order valence-corrected chi connectivity index (χ3v) is 4.68. The average molecular weight is 355 g/mol. The molecule has 1 amide bonds. The van der Waals surface area contributed by atoms with Crippen molar-refractivity contribution in [3.05, 3.63) is 19.2 Å². The number of likely N-dealkylation sites (tertiary alicyclic amines) is 1. The minimum atomic E-state index is -0.366. The minimum Gasteiger partial charge on any atom is -0.391 e. The van der Waals surface area contributed by atoms with Crippen molar-refractivity contribution in [3.8, 4) is 0 Å². The number of rotatable bonds is 1. The van der Waals surface area contributed by atoms with E-state index in [2.05, 4.69) is 31.9 Å². The van der Waals surface area contributed by atoms with Crippen LogP contribution in [0, 0.1) is 0 Å². The Morgan fingerprint density at radius 1 is 1.60 bits per heavy atom. The predicted molar refractivity (Wildman–Crippen MR) is 66.2 cm³/mol. The highest BCUT2D eigenvalue weighted by Crippen LogP contribution is 2.33. The molecule has 1 fully saturated rings. The molecule has 6 heteroatoms. The molecule has 3 nitrogen and oxygen atoms in total. The highest BCUT2D eigenvalue weighted by molar-refractivity contribution is 9.12. The maximum Gasteiger partial charge on any atom is 0.255 e. The van der Waals surface area contributed by atoms with Crippen LogP contribution in [0.1, 0.15) is 16.8 Å². The number of aliphatic hydroxyl groups is 1. The van der Waals surface area contributed by atoms with Crippen molar-refractivity contribution in [3.63, 3.8) is 0 Å². The van der Waals surface area contributed by atoms with Crippen molar-refractivity contribution in [2.45, 2.75) is 12.5 Å². The van der Waals surface area contributed by atoms with E-state index < -0.39 is 0 Å². The first-order chi connectivity index (χ1) is 7.08. The van der Waals surface area contributed by atoms with E-state index in [1.807, 2.05) is 6.07 Å². The van der Waals surface area contributed by atoms with Gasteiger partial charge in [-0.15, -0.1) is 11.3 Å². The molecule has 0 aromatic carbocycles. The first kappa shape index (κ1) is 11.6. The Kier molecular flexibility index (Phi) is 3.49. The van der Waals surface area contributed by atoms with E-state index >= 15 is 0 Å². The van der Waals surface area contributed by atoms with Crippen molar-refractivity contribution < 1.29 is 9.90 Å². The summed E-state index contributed by atoms with van der Waals surface area (Å²) >= 11 is 8.18. The highest BCUT2D eigenvalue weighted by Gasteiger charge is 2.27. The van der Waals surface area contributed by atoms with E-state index in [1.54, 1.807) is 4.90 Å². The van der Waals surface area contributed by atoms with Crippen molar-refractivity contribution in [2.24, 2.45) is 0 Å². The van der Waals surface area contributed by atoms with Crippen LogP contribution in [0.15, 0.2) is 13.6 Å². The summed E-state index contributed by atoms with van der Waals surface area (Å²) < 4.78 is 1.76. The van der Waals surface area contributed by atoms with E-state index in [4.69, 9.17) is 0 Å². The van der Waals surface area contributed by atoms with Gasteiger partial charge in [-0.2, -0.15) is 0 Å². The number of aliphatic hydroxyl groups excluding tert-OH is 1. The maximum absolute atomic E-state index is 12.0. The van der Waals surface area contributed by atoms with Crippen molar-refractivity contribution in [1.82, 2.24) is 4.90 Å². The van der Waals surface area contributed by atoms with Crippen LogP contribution < -0.4 is 0 Å². The van der Waals surface area contributed by atoms with E-state index in [0.717, 1.165) is 7.57 Å². The standard InChI is InChI=1S/C9H9Br2NO2S/c10-7-3-6(8(11)15-7)9(14)12-2-1-5(13)4-12/h3,5,13H,1-2,4H2/t5-/m1/s1. The molecule has 0 radical (unpaired) electrons. The number of thiophene rings is 1. The Hall–Kier alpha value is 0.0900. The summed E-state index contributed by atoms with van der Waals surface area (Å²) in [6, 6.07) is 1.81. The SMILES string of the molecule is O=C(c1cc(Br)sc1Br)N1CC[C@@H](O)C1. The molecule has 1 N–H and O–H groups in total. The highest BCUT2D eigenvalue weighted by atomic mass is 79.9. The number of hydrogen-bond donors (Lipinski definition) is 1. The molecule has 82 valence electrons. The Morgan fingerprint density at radius 3 is 2.80 bits per heavy atom. The molecule has 0 spiro atoms. The van der Waals surface area contributed by atoms with Crippen molar-refractivity contribution >= 4 is 49.1 Å². The Morgan fingerprint density at radius 2 is 2.33 bits per heavy atom. The molecule has 15 heavy (non-hydrogen) atoms. The van der Waals surface area contributed by atoms with Crippen LogP contribution in [0.2, 0.25) is 0 Å². The van der Waals surface area contributed by atoms with Crippen molar-refractivity contribution in [1.29, 1.82) is 0 Å². The molecule has 1 saturated heterocycles. The first-order valence-corrected chi connectivity index (χ1v) is 6.90. The number of amides is 1. The van der Waals surface area contributed by atoms with E-state index in [-0.39, 0.29) is 12.0 Å². The number of carbonyl (C=O) groups excluding carboxylic acids is 1. The molecular weight excluding hydrogens is 346 g/mol. The zero-order chi connectivity index (χ0) is 11.0. The summed E-state index contributed by atoms with van der Waals surface area (Å²) in [5.41, 5.74) is 0.668. The van der Waals surface area contributed by atoms with Gasteiger partial charge >= 0.3 is 0 Å². The molecule has 1 aliphatic heterocycles. The maximum atomic E-state index is 12.0. The summed E-state index contributed by atoms with van der Waals surface area (Å²) in [6.07, 6.45) is 0.309. The van der Waals surface area contributed by atoms with Gasteiger partial charge in [-0.05, 0) is 44.3 Å². The van der Waals surface area contributed by atoms with Gasteiger partial charge < -0.3 is 10.0 Å². The van der Waals surface area contributed by atoms with Gasteiger partial charge in [0.1, 0.15) is 0 Å². The lowest BCUT2D eigenvalue weighted by molar-refractivity contribution is 0.0764. The second kappa shape index (κ2) is 4.53. The molecule has 0 unspecified atom stereocenters. The third-order valence-electron chi connectivity index (χ3n) is 2.34. The van der Waals surface area contributed by atoms with Gasteiger partial charge in [0, 0.05) is 13.1 Å². The zero-order valence-electron chi connectivity index (χ0n) is 7.74. The van der Waals surface area contributed by atoms with E-state index in [9.17, 15) is 9.90 Å². The van der Waals surface area contributed by atoms with Crippen LogP contribution >= 0.6 is 43.2 Å². The molecule has 1 atom stereocenters. The molecule has 0 bridgehead atoms. The first-order valence-electron chi connectivity index (χ1n) is 4.50. The molecule has 1 aliphatic rings. The van der Waals surface area contributed by atoms with Gasteiger partial charge in [0.15, 0.2) is 0 Å². The van der Waals surface area contributed by atoms with Crippen LogP contribution in [0.5, 0.6) is 0 Å². The second-order valence-electron chi connectivity index (χ2n) is 3.43. The van der Waals surface area contributed by atoms with Gasteiger partial charge in [-0.25, -0.2) is 0 Å². The number of halogens is 2. The van der Waals surface area contributed by atoms with Crippen LogP contribution in [-0.2, 0) is 0 Å².